The highest BCUT2D eigenvalue weighted by Gasteiger charge is 1.99. The van der Waals surface area contributed by atoms with E-state index in [0.29, 0.717) is 5.92 Å². The minimum atomic E-state index is 0.574. The van der Waals surface area contributed by atoms with Gasteiger partial charge in [-0.3, -0.25) is 0 Å². The Kier molecular flexibility index (Phi) is 5.63. The van der Waals surface area contributed by atoms with Gasteiger partial charge in [-0.15, -0.1) is 0 Å². The molecular weight excluding hydrogens is 180 g/mol. The fourth-order valence-electron chi connectivity index (χ4n) is 1.54. The van der Waals surface area contributed by atoms with E-state index in [4.69, 9.17) is 0 Å². The van der Waals surface area contributed by atoms with E-state index in [0.717, 1.165) is 5.56 Å². The SMILES string of the molecule is CCCC[C@@H](C#Cc1ccccc1)CC. The molecular formula is C15H20. The van der Waals surface area contributed by atoms with Gasteiger partial charge in [-0.2, -0.15) is 0 Å². The zero-order valence-corrected chi connectivity index (χ0v) is 9.79. The van der Waals surface area contributed by atoms with Crippen molar-refractivity contribution in [3.63, 3.8) is 0 Å². The molecule has 0 heterocycles. The van der Waals surface area contributed by atoms with Gasteiger partial charge in [0.15, 0.2) is 0 Å². The lowest BCUT2D eigenvalue weighted by Gasteiger charge is -2.05. The van der Waals surface area contributed by atoms with Crippen LogP contribution in [-0.4, -0.2) is 0 Å². The van der Waals surface area contributed by atoms with Crippen LogP contribution in [0.2, 0.25) is 0 Å². The van der Waals surface area contributed by atoms with Crippen LogP contribution in [0.25, 0.3) is 0 Å². The lowest BCUT2D eigenvalue weighted by Crippen LogP contribution is -1.94. The van der Waals surface area contributed by atoms with Gasteiger partial charge in [-0.1, -0.05) is 56.7 Å². The first-order chi connectivity index (χ1) is 7.36. The van der Waals surface area contributed by atoms with Crippen LogP contribution in [-0.2, 0) is 0 Å². The molecule has 0 aromatic heterocycles. The van der Waals surface area contributed by atoms with Gasteiger partial charge in [0.05, 0.1) is 0 Å². The fourth-order valence-corrected chi connectivity index (χ4v) is 1.54. The molecule has 0 radical (unpaired) electrons. The summed E-state index contributed by atoms with van der Waals surface area (Å²) in [7, 11) is 0. The van der Waals surface area contributed by atoms with Gasteiger partial charge in [-0.25, -0.2) is 0 Å². The van der Waals surface area contributed by atoms with Crippen molar-refractivity contribution >= 4 is 0 Å². The number of rotatable bonds is 4. The summed E-state index contributed by atoms with van der Waals surface area (Å²) >= 11 is 0. The van der Waals surface area contributed by atoms with Crippen LogP contribution in [0.4, 0.5) is 0 Å². The summed E-state index contributed by atoms with van der Waals surface area (Å²) in [6.07, 6.45) is 4.97. The molecule has 0 bridgehead atoms. The Bertz CT molecular complexity index is 313. The van der Waals surface area contributed by atoms with Gasteiger partial charge in [0, 0.05) is 11.5 Å². The van der Waals surface area contributed by atoms with E-state index < -0.39 is 0 Å². The highest BCUT2D eigenvalue weighted by molar-refractivity contribution is 5.34. The average molecular weight is 200 g/mol. The van der Waals surface area contributed by atoms with Crippen LogP contribution >= 0.6 is 0 Å². The Morgan fingerprint density at radius 1 is 1.13 bits per heavy atom. The van der Waals surface area contributed by atoms with Gasteiger partial charge in [-0.05, 0) is 25.0 Å². The molecule has 1 atom stereocenters. The predicted molar refractivity (Wildman–Crippen MR) is 66.6 cm³/mol. The monoisotopic (exact) mass is 200 g/mol. The molecule has 1 rings (SSSR count). The maximum Gasteiger partial charge on any atom is 0.0245 e. The minimum Gasteiger partial charge on any atom is -0.0945 e. The van der Waals surface area contributed by atoms with Crippen molar-refractivity contribution < 1.29 is 0 Å². The van der Waals surface area contributed by atoms with E-state index in [2.05, 4.69) is 37.8 Å². The summed E-state index contributed by atoms with van der Waals surface area (Å²) < 4.78 is 0. The second-order valence-corrected chi connectivity index (χ2v) is 3.88. The first-order valence-corrected chi connectivity index (χ1v) is 5.93. The molecule has 0 nitrogen and oxygen atoms in total. The van der Waals surface area contributed by atoms with Crippen LogP contribution in [0.15, 0.2) is 30.3 Å². The second-order valence-electron chi connectivity index (χ2n) is 3.88. The zero-order valence-electron chi connectivity index (χ0n) is 9.79. The molecule has 0 spiro atoms. The molecule has 80 valence electrons. The van der Waals surface area contributed by atoms with Crippen LogP contribution in [0, 0.1) is 17.8 Å². The number of unbranched alkanes of at least 4 members (excludes halogenated alkanes) is 1. The topological polar surface area (TPSA) is 0 Å². The van der Waals surface area contributed by atoms with Crippen molar-refractivity contribution in [3.05, 3.63) is 35.9 Å². The second kappa shape index (κ2) is 7.12. The van der Waals surface area contributed by atoms with Crippen molar-refractivity contribution in [3.8, 4) is 11.8 Å². The van der Waals surface area contributed by atoms with Gasteiger partial charge >= 0.3 is 0 Å². The van der Waals surface area contributed by atoms with Gasteiger partial charge in [0.1, 0.15) is 0 Å². The maximum atomic E-state index is 3.37. The Hall–Kier alpha value is -1.22. The van der Waals surface area contributed by atoms with E-state index in [-0.39, 0.29) is 0 Å². The van der Waals surface area contributed by atoms with E-state index >= 15 is 0 Å². The Balaban J connectivity index is 2.54. The largest absolute Gasteiger partial charge is 0.0945 e. The van der Waals surface area contributed by atoms with Crippen molar-refractivity contribution in [2.75, 3.05) is 0 Å². The predicted octanol–water partition coefficient (Wildman–Crippen LogP) is 4.25. The molecule has 0 heteroatoms. The van der Waals surface area contributed by atoms with E-state index in [1.54, 1.807) is 0 Å². The maximum absolute atomic E-state index is 3.37. The summed E-state index contributed by atoms with van der Waals surface area (Å²) in [6.45, 7) is 4.46. The molecule has 0 unspecified atom stereocenters. The molecule has 0 aliphatic carbocycles. The van der Waals surface area contributed by atoms with E-state index in [1.807, 2.05) is 18.2 Å². The highest BCUT2D eigenvalue weighted by atomic mass is 14.0. The quantitative estimate of drug-likeness (QED) is 0.637. The first-order valence-electron chi connectivity index (χ1n) is 5.93. The summed E-state index contributed by atoms with van der Waals surface area (Å²) in [5.41, 5.74) is 1.13. The Morgan fingerprint density at radius 3 is 2.47 bits per heavy atom. The third kappa shape index (κ3) is 4.70. The molecule has 15 heavy (non-hydrogen) atoms. The summed E-state index contributed by atoms with van der Waals surface area (Å²) in [6, 6.07) is 10.2. The van der Waals surface area contributed by atoms with Gasteiger partial charge in [0.25, 0.3) is 0 Å². The van der Waals surface area contributed by atoms with Gasteiger partial charge in [0.2, 0.25) is 0 Å². The molecule has 1 aromatic carbocycles. The molecule has 0 fully saturated rings. The normalized spacial score (nSPS) is 11.6. The van der Waals surface area contributed by atoms with Crippen LogP contribution in [0.1, 0.15) is 45.1 Å². The highest BCUT2D eigenvalue weighted by Crippen LogP contribution is 2.11. The molecule has 0 amide bonds. The average Bonchev–Trinajstić information content (AvgIpc) is 2.31. The minimum absolute atomic E-state index is 0.574. The first kappa shape index (κ1) is 11.9. The number of hydrogen-bond donors (Lipinski definition) is 0. The van der Waals surface area contributed by atoms with Crippen LogP contribution in [0.3, 0.4) is 0 Å². The number of benzene rings is 1. The molecule has 0 saturated heterocycles. The van der Waals surface area contributed by atoms with Gasteiger partial charge < -0.3 is 0 Å². The molecule has 1 aromatic rings. The van der Waals surface area contributed by atoms with Crippen molar-refractivity contribution in [1.29, 1.82) is 0 Å². The lowest BCUT2D eigenvalue weighted by molar-refractivity contribution is 0.556. The summed E-state index contributed by atoms with van der Waals surface area (Å²) in [5, 5.41) is 0. The van der Waals surface area contributed by atoms with Crippen molar-refractivity contribution in [1.82, 2.24) is 0 Å². The van der Waals surface area contributed by atoms with Crippen molar-refractivity contribution in [2.24, 2.45) is 5.92 Å². The molecule has 0 N–H and O–H groups in total. The van der Waals surface area contributed by atoms with E-state index in [9.17, 15) is 0 Å². The molecule has 0 aliphatic rings. The third-order valence-corrected chi connectivity index (χ3v) is 2.59. The lowest BCUT2D eigenvalue weighted by atomic mass is 9.99. The fraction of sp³-hybridized carbons (Fsp3) is 0.467. The molecule has 0 saturated carbocycles. The summed E-state index contributed by atoms with van der Waals surface area (Å²) in [4.78, 5) is 0. The van der Waals surface area contributed by atoms with Crippen molar-refractivity contribution in [2.45, 2.75) is 39.5 Å². The Labute approximate surface area is 93.7 Å². The third-order valence-electron chi connectivity index (χ3n) is 2.59. The number of hydrogen-bond acceptors (Lipinski definition) is 0. The zero-order chi connectivity index (χ0) is 10.9. The van der Waals surface area contributed by atoms with Crippen LogP contribution in [0.5, 0.6) is 0 Å². The standard InChI is InChI=1S/C15H20/c1-3-5-9-14(4-2)12-13-15-10-7-6-8-11-15/h6-8,10-11,14H,3-5,9H2,1-2H3/t14-/m0/s1. The van der Waals surface area contributed by atoms with Crippen LogP contribution < -0.4 is 0 Å². The smallest absolute Gasteiger partial charge is 0.0245 e. The van der Waals surface area contributed by atoms with E-state index in [1.165, 1.54) is 25.7 Å². The Morgan fingerprint density at radius 2 is 1.87 bits per heavy atom. The molecule has 0 aliphatic heterocycles. The summed E-state index contributed by atoms with van der Waals surface area (Å²) in [5.74, 6) is 7.20.